The Morgan fingerprint density at radius 3 is 2.64 bits per heavy atom. The molecule has 0 spiro atoms. The van der Waals surface area contributed by atoms with E-state index in [0.717, 1.165) is 31.7 Å². The summed E-state index contributed by atoms with van der Waals surface area (Å²) >= 11 is 0. The Kier molecular flexibility index (Phi) is 8.22. The molecule has 0 aromatic heterocycles. The highest BCUT2D eigenvalue weighted by Gasteiger charge is 1.90. The molecule has 0 aromatic rings. The number of aliphatic hydroxyl groups excluding tert-OH is 1. The number of rotatable bonds is 7. The third-order valence-electron chi connectivity index (χ3n) is 1.33. The predicted octanol–water partition coefficient (Wildman–Crippen LogP) is -0.273. The summed E-state index contributed by atoms with van der Waals surface area (Å²) in [7, 11) is -0.685. The number of hydrogen-bond donors (Lipinski definition) is 2. The van der Waals surface area contributed by atoms with E-state index in [4.69, 9.17) is 5.11 Å². The molecular weight excluding hydrogens is 162 g/mol. The smallest absolute Gasteiger partial charge is 0.0431 e. The normalized spacial score (nSPS) is 13.3. The van der Waals surface area contributed by atoms with Crippen molar-refractivity contribution in [2.24, 2.45) is 0 Å². The number of nitrogens with one attached hydrogen (secondary N) is 1. The fraction of sp³-hybridized carbons (Fsp3) is 1.00. The molecule has 0 bridgehead atoms. The van der Waals surface area contributed by atoms with Crippen LogP contribution in [0, 0.1) is 0 Å². The molecule has 0 radical (unpaired) electrons. The maximum Gasteiger partial charge on any atom is 0.0431 e. The van der Waals surface area contributed by atoms with Crippen molar-refractivity contribution >= 4 is 10.8 Å². The second kappa shape index (κ2) is 8.17. The molecule has 0 fully saturated rings. The Hall–Kier alpha value is 0.0700. The third-order valence-corrected chi connectivity index (χ3v) is 2.11. The zero-order chi connectivity index (χ0) is 8.53. The molecule has 0 aromatic carbocycles. The van der Waals surface area contributed by atoms with Crippen molar-refractivity contribution in [3.8, 4) is 0 Å². The minimum absolute atomic E-state index is 0.265. The molecule has 0 rings (SSSR count). The average molecular weight is 179 g/mol. The van der Waals surface area contributed by atoms with Crippen LogP contribution in [-0.2, 0) is 10.8 Å². The first-order valence-corrected chi connectivity index (χ1v) is 5.61. The summed E-state index contributed by atoms with van der Waals surface area (Å²) in [5, 5.41) is 11.6. The average Bonchev–Trinajstić information content (AvgIpc) is 1.96. The summed E-state index contributed by atoms with van der Waals surface area (Å²) in [5.74, 6) is 0.721. The lowest BCUT2D eigenvalue weighted by Crippen LogP contribution is -2.21. The molecule has 0 aliphatic heterocycles. The maximum absolute atomic E-state index is 10.6. The number of unbranched alkanes of at least 4 members (excludes halogenated alkanes) is 1. The highest BCUT2D eigenvalue weighted by molar-refractivity contribution is 7.84. The minimum Gasteiger partial charge on any atom is -0.396 e. The molecule has 0 saturated carbocycles. The number of aliphatic hydroxyl groups is 1. The lowest BCUT2D eigenvalue weighted by atomic mass is 10.3. The Morgan fingerprint density at radius 2 is 2.09 bits per heavy atom. The summed E-state index contributed by atoms with van der Waals surface area (Å²) in [6, 6.07) is 0. The van der Waals surface area contributed by atoms with Crippen molar-refractivity contribution < 1.29 is 9.32 Å². The second-order valence-electron chi connectivity index (χ2n) is 2.46. The van der Waals surface area contributed by atoms with Crippen molar-refractivity contribution in [2.45, 2.75) is 12.8 Å². The molecule has 11 heavy (non-hydrogen) atoms. The van der Waals surface area contributed by atoms with E-state index >= 15 is 0 Å². The third kappa shape index (κ3) is 10.1. The van der Waals surface area contributed by atoms with Gasteiger partial charge in [0.05, 0.1) is 0 Å². The Labute approximate surface area is 70.6 Å². The van der Waals surface area contributed by atoms with Gasteiger partial charge in [-0.05, 0) is 19.4 Å². The van der Waals surface area contributed by atoms with E-state index in [0.29, 0.717) is 0 Å². The van der Waals surface area contributed by atoms with Gasteiger partial charge in [-0.1, -0.05) is 0 Å². The molecule has 1 atom stereocenters. The lowest BCUT2D eigenvalue weighted by molar-refractivity contribution is 0.284. The van der Waals surface area contributed by atoms with Gasteiger partial charge in [0.25, 0.3) is 0 Å². The molecule has 1 unspecified atom stereocenters. The molecule has 68 valence electrons. The van der Waals surface area contributed by atoms with E-state index < -0.39 is 10.8 Å². The summed E-state index contributed by atoms with van der Waals surface area (Å²) in [6.45, 7) is 1.99. The summed E-state index contributed by atoms with van der Waals surface area (Å²) in [5.41, 5.74) is 0. The van der Waals surface area contributed by atoms with E-state index in [1.165, 1.54) is 0 Å². The zero-order valence-corrected chi connectivity index (χ0v) is 7.82. The first-order valence-electron chi connectivity index (χ1n) is 3.89. The monoisotopic (exact) mass is 179 g/mol. The zero-order valence-electron chi connectivity index (χ0n) is 7.01. The van der Waals surface area contributed by atoms with Crippen LogP contribution >= 0.6 is 0 Å². The fourth-order valence-corrected chi connectivity index (χ4v) is 1.13. The largest absolute Gasteiger partial charge is 0.396 e. The standard InChI is InChI=1S/C7H17NO2S/c1-11(10)7-5-8-4-2-3-6-9/h8-9H,2-7H2,1H3. The van der Waals surface area contributed by atoms with Crippen molar-refractivity contribution in [2.75, 3.05) is 31.7 Å². The van der Waals surface area contributed by atoms with Gasteiger partial charge in [0, 0.05) is 36.0 Å². The molecule has 2 N–H and O–H groups in total. The van der Waals surface area contributed by atoms with Crippen LogP contribution in [0.5, 0.6) is 0 Å². The van der Waals surface area contributed by atoms with Gasteiger partial charge in [-0.15, -0.1) is 0 Å². The van der Waals surface area contributed by atoms with Crippen LogP contribution in [0.1, 0.15) is 12.8 Å². The molecule has 0 aliphatic rings. The summed E-state index contributed by atoms with van der Waals surface area (Å²) in [4.78, 5) is 0. The Bertz CT molecular complexity index is 109. The van der Waals surface area contributed by atoms with E-state index in [9.17, 15) is 4.21 Å². The maximum atomic E-state index is 10.6. The van der Waals surface area contributed by atoms with Crippen LogP contribution in [0.3, 0.4) is 0 Å². The molecule has 0 saturated heterocycles. The molecule has 4 heteroatoms. The first-order chi connectivity index (χ1) is 5.27. The molecule has 0 amide bonds. The van der Waals surface area contributed by atoms with Crippen LogP contribution in [0.25, 0.3) is 0 Å². The van der Waals surface area contributed by atoms with Crippen LogP contribution in [0.2, 0.25) is 0 Å². The van der Waals surface area contributed by atoms with Gasteiger partial charge in [-0.3, -0.25) is 4.21 Å². The highest BCUT2D eigenvalue weighted by Crippen LogP contribution is 1.83. The van der Waals surface area contributed by atoms with Crippen LogP contribution in [0.4, 0.5) is 0 Å². The van der Waals surface area contributed by atoms with Crippen LogP contribution in [-0.4, -0.2) is 41.0 Å². The topological polar surface area (TPSA) is 49.3 Å². The summed E-state index contributed by atoms with van der Waals surface area (Å²) < 4.78 is 10.6. The van der Waals surface area contributed by atoms with Gasteiger partial charge in [0.1, 0.15) is 0 Å². The van der Waals surface area contributed by atoms with Crippen molar-refractivity contribution in [3.63, 3.8) is 0 Å². The lowest BCUT2D eigenvalue weighted by Gasteiger charge is -2.01. The van der Waals surface area contributed by atoms with E-state index in [-0.39, 0.29) is 6.61 Å². The fourth-order valence-electron chi connectivity index (χ4n) is 0.703. The SMILES string of the molecule is CS(=O)CCNCCCCO. The predicted molar refractivity (Wildman–Crippen MR) is 48.1 cm³/mol. The molecule has 0 aliphatic carbocycles. The van der Waals surface area contributed by atoms with Gasteiger partial charge in [0.15, 0.2) is 0 Å². The molecule has 3 nitrogen and oxygen atoms in total. The van der Waals surface area contributed by atoms with Gasteiger partial charge in [-0.25, -0.2) is 0 Å². The van der Waals surface area contributed by atoms with Gasteiger partial charge >= 0.3 is 0 Å². The molecular formula is C7H17NO2S. The Balaban J connectivity index is 2.85. The van der Waals surface area contributed by atoms with E-state index in [2.05, 4.69) is 5.32 Å². The van der Waals surface area contributed by atoms with E-state index in [1.807, 2.05) is 0 Å². The van der Waals surface area contributed by atoms with Crippen molar-refractivity contribution in [3.05, 3.63) is 0 Å². The van der Waals surface area contributed by atoms with Gasteiger partial charge in [0.2, 0.25) is 0 Å². The second-order valence-corrected chi connectivity index (χ2v) is 4.01. The van der Waals surface area contributed by atoms with Crippen LogP contribution < -0.4 is 5.32 Å². The summed E-state index contributed by atoms with van der Waals surface area (Å²) in [6.07, 6.45) is 3.55. The van der Waals surface area contributed by atoms with Gasteiger partial charge in [-0.2, -0.15) is 0 Å². The number of hydrogen-bond acceptors (Lipinski definition) is 3. The highest BCUT2D eigenvalue weighted by atomic mass is 32.2. The van der Waals surface area contributed by atoms with Crippen molar-refractivity contribution in [1.82, 2.24) is 5.32 Å². The minimum atomic E-state index is -0.685. The quantitative estimate of drug-likeness (QED) is 0.529. The molecule has 0 heterocycles. The van der Waals surface area contributed by atoms with Crippen molar-refractivity contribution in [1.29, 1.82) is 0 Å². The van der Waals surface area contributed by atoms with Gasteiger partial charge < -0.3 is 10.4 Å². The van der Waals surface area contributed by atoms with E-state index in [1.54, 1.807) is 6.26 Å². The Morgan fingerprint density at radius 1 is 1.36 bits per heavy atom. The first kappa shape index (κ1) is 11.1. The van der Waals surface area contributed by atoms with Crippen LogP contribution in [0.15, 0.2) is 0 Å².